The molecule has 1 saturated carbocycles. The number of fused-ring (bicyclic) bond motifs is 1. The summed E-state index contributed by atoms with van der Waals surface area (Å²) in [6.07, 6.45) is 7.01. The monoisotopic (exact) mass is 458 g/mol. The summed E-state index contributed by atoms with van der Waals surface area (Å²) in [5.41, 5.74) is 2.73. The van der Waals surface area contributed by atoms with Crippen molar-refractivity contribution in [3.8, 4) is 17.2 Å². The SMILES string of the molecule is Cc1cc2c(Oc3ccc(NC(=O)NC4CC4)c(F)c3)ccnc2cc1OCc1ccncc1. The van der Waals surface area contributed by atoms with E-state index in [1.165, 1.54) is 12.1 Å². The number of nitrogens with one attached hydrogen (secondary N) is 2. The number of ether oxygens (including phenoxy) is 2. The van der Waals surface area contributed by atoms with E-state index in [0.717, 1.165) is 35.1 Å². The van der Waals surface area contributed by atoms with Gasteiger partial charge in [0, 0.05) is 42.2 Å². The lowest BCUT2D eigenvalue weighted by Crippen LogP contribution is -2.30. The van der Waals surface area contributed by atoms with Crippen LogP contribution in [0.4, 0.5) is 14.9 Å². The van der Waals surface area contributed by atoms with Gasteiger partial charge in [-0.05, 0) is 67.3 Å². The molecule has 2 amide bonds. The lowest BCUT2D eigenvalue weighted by Gasteiger charge is -2.14. The van der Waals surface area contributed by atoms with Gasteiger partial charge in [0.15, 0.2) is 0 Å². The highest BCUT2D eigenvalue weighted by Gasteiger charge is 2.23. The predicted molar refractivity (Wildman–Crippen MR) is 127 cm³/mol. The Morgan fingerprint density at radius 3 is 2.65 bits per heavy atom. The largest absolute Gasteiger partial charge is 0.489 e. The third-order valence-electron chi connectivity index (χ3n) is 5.47. The van der Waals surface area contributed by atoms with Crippen LogP contribution in [0, 0.1) is 12.7 Å². The highest BCUT2D eigenvalue weighted by atomic mass is 19.1. The predicted octanol–water partition coefficient (Wildman–Crippen LogP) is 5.73. The molecule has 1 aliphatic carbocycles. The molecule has 2 aromatic heterocycles. The summed E-state index contributed by atoms with van der Waals surface area (Å²) in [6, 6.07) is 13.5. The van der Waals surface area contributed by atoms with Gasteiger partial charge in [-0.3, -0.25) is 9.97 Å². The third-order valence-corrected chi connectivity index (χ3v) is 5.47. The van der Waals surface area contributed by atoms with Crippen LogP contribution in [0.3, 0.4) is 0 Å². The van der Waals surface area contributed by atoms with Gasteiger partial charge in [-0.1, -0.05) is 0 Å². The molecule has 2 N–H and O–H groups in total. The number of aryl methyl sites for hydroxylation is 1. The molecule has 2 aromatic carbocycles. The second kappa shape index (κ2) is 9.35. The van der Waals surface area contributed by atoms with Crippen LogP contribution in [0.15, 0.2) is 67.1 Å². The smallest absolute Gasteiger partial charge is 0.319 e. The van der Waals surface area contributed by atoms with E-state index in [1.807, 2.05) is 31.2 Å². The fourth-order valence-electron chi connectivity index (χ4n) is 3.50. The van der Waals surface area contributed by atoms with Crippen molar-refractivity contribution in [1.82, 2.24) is 15.3 Å². The van der Waals surface area contributed by atoms with Crippen LogP contribution in [-0.2, 0) is 6.61 Å². The summed E-state index contributed by atoms with van der Waals surface area (Å²) < 4.78 is 26.5. The Balaban J connectivity index is 1.32. The number of pyridine rings is 2. The summed E-state index contributed by atoms with van der Waals surface area (Å²) in [5, 5.41) is 6.08. The van der Waals surface area contributed by atoms with E-state index in [2.05, 4.69) is 20.6 Å². The number of hydrogen-bond donors (Lipinski definition) is 2. The van der Waals surface area contributed by atoms with E-state index in [9.17, 15) is 9.18 Å². The third kappa shape index (κ3) is 5.06. The zero-order valence-corrected chi connectivity index (χ0v) is 18.5. The molecule has 1 aliphatic rings. The van der Waals surface area contributed by atoms with E-state index >= 15 is 0 Å². The number of urea groups is 1. The fourth-order valence-corrected chi connectivity index (χ4v) is 3.50. The number of carbonyl (C=O) groups excluding carboxylic acids is 1. The van der Waals surface area contributed by atoms with Crippen LogP contribution >= 0.6 is 0 Å². The maximum absolute atomic E-state index is 14.6. The highest BCUT2D eigenvalue weighted by molar-refractivity contribution is 5.90. The molecule has 1 fully saturated rings. The molecular weight excluding hydrogens is 435 g/mol. The van der Waals surface area contributed by atoms with Crippen molar-refractivity contribution in [3.05, 3.63) is 84.1 Å². The van der Waals surface area contributed by atoms with E-state index < -0.39 is 11.8 Å². The first-order chi connectivity index (χ1) is 16.5. The minimum Gasteiger partial charge on any atom is -0.489 e. The van der Waals surface area contributed by atoms with E-state index in [1.54, 1.807) is 30.7 Å². The number of carbonyl (C=O) groups is 1. The van der Waals surface area contributed by atoms with Gasteiger partial charge in [0.25, 0.3) is 0 Å². The van der Waals surface area contributed by atoms with Crippen molar-refractivity contribution in [2.24, 2.45) is 0 Å². The molecule has 0 unspecified atom stereocenters. The molecule has 0 aliphatic heterocycles. The van der Waals surface area contributed by atoms with Crippen LogP contribution in [0.2, 0.25) is 0 Å². The number of halogens is 1. The molecule has 0 spiro atoms. The second-order valence-corrected chi connectivity index (χ2v) is 8.20. The van der Waals surface area contributed by atoms with Crippen molar-refractivity contribution in [1.29, 1.82) is 0 Å². The maximum Gasteiger partial charge on any atom is 0.319 e. The lowest BCUT2D eigenvalue weighted by molar-refractivity contribution is 0.251. The van der Waals surface area contributed by atoms with Gasteiger partial charge in [-0.2, -0.15) is 0 Å². The highest BCUT2D eigenvalue weighted by Crippen LogP contribution is 2.34. The van der Waals surface area contributed by atoms with Gasteiger partial charge in [0.05, 0.1) is 11.2 Å². The zero-order valence-electron chi connectivity index (χ0n) is 18.5. The summed E-state index contributed by atoms with van der Waals surface area (Å²) in [6.45, 7) is 2.37. The molecule has 8 heteroatoms. The van der Waals surface area contributed by atoms with Gasteiger partial charge in [0.2, 0.25) is 0 Å². The average molecular weight is 458 g/mol. The molecule has 0 bridgehead atoms. The van der Waals surface area contributed by atoms with E-state index in [0.29, 0.717) is 23.6 Å². The number of hydrogen-bond acceptors (Lipinski definition) is 5. The maximum atomic E-state index is 14.6. The van der Waals surface area contributed by atoms with Crippen molar-refractivity contribution in [2.45, 2.75) is 32.4 Å². The Hall–Kier alpha value is -4.20. The molecule has 5 rings (SSSR count). The molecule has 4 aromatic rings. The fraction of sp³-hybridized carbons (Fsp3) is 0.192. The van der Waals surface area contributed by atoms with Crippen molar-refractivity contribution < 1.29 is 18.7 Å². The number of aromatic nitrogens is 2. The van der Waals surface area contributed by atoms with Crippen molar-refractivity contribution in [2.75, 3.05) is 5.32 Å². The molecule has 34 heavy (non-hydrogen) atoms. The molecular formula is C26H23FN4O3. The number of nitrogens with zero attached hydrogens (tertiary/aromatic N) is 2. The standard InChI is InChI=1S/C26H23FN4O3/c1-16-12-20-23(14-25(16)33-15-17-6-9-28-10-7-17)29-11-8-24(20)34-19-4-5-22(21(27)13-19)31-26(32)30-18-2-3-18/h4-14,18H,2-3,15H2,1H3,(H2,30,31,32). The Bertz CT molecular complexity index is 1340. The zero-order chi connectivity index (χ0) is 23.5. The van der Waals surface area contributed by atoms with Crippen LogP contribution in [0.1, 0.15) is 24.0 Å². The molecule has 0 radical (unpaired) electrons. The minimum absolute atomic E-state index is 0.0944. The van der Waals surface area contributed by atoms with E-state index in [4.69, 9.17) is 9.47 Å². The Morgan fingerprint density at radius 2 is 1.88 bits per heavy atom. The van der Waals surface area contributed by atoms with Crippen LogP contribution in [-0.4, -0.2) is 22.0 Å². The van der Waals surface area contributed by atoms with Crippen molar-refractivity contribution in [3.63, 3.8) is 0 Å². The molecule has 2 heterocycles. The summed E-state index contributed by atoms with van der Waals surface area (Å²) >= 11 is 0. The quantitative estimate of drug-likeness (QED) is 0.369. The van der Waals surface area contributed by atoms with Gasteiger partial charge in [-0.25, -0.2) is 9.18 Å². The molecule has 7 nitrogen and oxygen atoms in total. The van der Waals surface area contributed by atoms with Gasteiger partial charge in [-0.15, -0.1) is 0 Å². The van der Waals surface area contributed by atoms with Crippen molar-refractivity contribution >= 4 is 22.6 Å². The second-order valence-electron chi connectivity index (χ2n) is 8.20. The van der Waals surface area contributed by atoms with Gasteiger partial charge < -0.3 is 20.1 Å². The van der Waals surface area contributed by atoms with E-state index in [-0.39, 0.29) is 11.7 Å². The Kier molecular flexibility index (Phi) is 5.95. The van der Waals surface area contributed by atoms with Gasteiger partial charge in [0.1, 0.15) is 29.7 Å². The first-order valence-corrected chi connectivity index (χ1v) is 11.0. The molecule has 172 valence electrons. The van der Waals surface area contributed by atoms with Crippen LogP contribution < -0.4 is 20.1 Å². The number of anilines is 1. The summed E-state index contributed by atoms with van der Waals surface area (Å²) in [5.74, 6) is 0.999. The lowest BCUT2D eigenvalue weighted by atomic mass is 10.1. The minimum atomic E-state index is -0.579. The number of benzene rings is 2. The number of rotatable bonds is 7. The average Bonchev–Trinajstić information content (AvgIpc) is 3.64. The summed E-state index contributed by atoms with van der Waals surface area (Å²) in [7, 11) is 0. The topological polar surface area (TPSA) is 85.4 Å². The normalized spacial score (nSPS) is 12.9. The Labute approximate surface area is 196 Å². The molecule has 0 saturated heterocycles. The Morgan fingerprint density at radius 1 is 1.06 bits per heavy atom. The van der Waals surface area contributed by atoms with Crippen LogP contribution in [0.5, 0.6) is 17.2 Å². The first kappa shape index (κ1) is 21.6. The first-order valence-electron chi connectivity index (χ1n) is 11.0. The summed E-state index contributed by atoms with van der Waals surface area (Å²) in [4.78, 5) is 20.3. The molecule has 0 atom stereocenters. The van der Waals surface area contributed by atoms with Gasteiger partial charge >= 0.3 is 6.03 Å². The van der Waals surface area contributed by atoms with Crippen LogP contribution in [0.25, 0.3) is 10.9 Å². The number of amides is 2.